The monoisotopic (exact) mass is 266 g/mol. The third kappa shape index (κ3) is 2.74. The molecule has 0 aromatic heterocycles. The summed E-state index contributed by atoms with van der Waals surface area (Å²) in [5, 5.41) is 3.96. The fourth-order valence-corrected chi connectivity index (χ4v) is 2.45. The Balaban J connectivity index is 2.17. The number of hydrogen-bond donors (Lipinski definition) is 1. The zero-order valence-electron chi connectivity index (χ0n) is 10.9. The Morgan fingerprint density at radius 3 is 2.33 bits per heavy atom. The van der Waals surface area contributed by atoms with Crippen LogP contribution in [0.15, 0.2) is 24.3 Å². The Morgan fingerprint density at radius 1 is 1.22 bits per heavy atom. The Kier molecular flexibility index (Phi) is 4.05. The number of piperazine rings is 1. The number of nitrogens with one attached hydrogen (secondary N) is 1. The van der Waals surface area contributed by atoms with Gasteiger partial charge in [-0.05, 0) is 38.1 Å². The third-order valence-corrected chi connectivity index (χ3v) is 3.82. The van der Waals surface area contributed by atoms with Crippen LogP contribution in [0.4, 0.5) is 0 Å². The van der Waals surface area contributed by atoms with E-state index in [9.17, 15) is 4.79 Å². The maximum Gasteiger partial charge on any atom is 0.182 e. The van der Waals surface area contributed by atoms with Gasteiger partial charge in [-0.15, -0.1) is 0 Å². The van der Waals surface area contributed by atoms with Crippen molar-refractivity contribution >= 4 is 17.4 Å². The van der Waals surface area contributed by atoms with Gasteiger partial charge in [0.25, 0.3) is 0 Å². The molecule has 0 amide bonds. The number of carbonyl (C=O) groups is 1. The lowest BCUT2D eigenvalue weighted by atomic mass is 9.91. The molecule has 18 heavy (non-hydrogen) atoms. The molecule has 1 N–H and O–H groups in total. The van der Waals surface area contributed by atoms with Gasteiger partial charge in [-0.1, -0.05) is 11.6 Å². The second-order valence-corrected chi connectivity index (χ2v) is 5.57. The molecular weight excluding hydrogens is 248 g/mol. The average Bonchev–Trinajstić information content (AvgIpc) is 2.40. The van der Waals surface area contributed by atoms with Crippen LogP contribution in [0, 0.1) is 0 Å². The lowest BCUT2D eigenvalue weighted by Gasteiger charge is -2.40. The SMILES string of the molecule is CC(C)(C(=O)c1ccc(Cl)cc1)N1CCNCC1. The molecule has 0 saturated carbocycles. The van der Waals surface area contributed by atoms with E-state index in [0.29, 0.717) is 5.02 Å². The lowest BCUT2D eigenvalue weighted by Crippen LogP contribution is -2.57. The van der Waals surface area contributed by atoms with Crippen LogP contribution in [-0.2, 0) is 0 Å². The molecule has 1 saturated heterocycles. The summed E-state index contributed by atoms with van der Waals surface area (Å²) in [5.74, 6) is 0.154. The van der Waals surface area contributed by atoms with E-state index in [0.717, 1.165) is 31.7 Å². The summed E-state index contributed by atoms with van der Waals surface area (Å²) >= 11 is 5.85. The van der Waals surface area contributed by atoms with Gasteiger partial charge in [-0.3, -0.25) is 9.69 Å². The largest absolute Gasteiger partial charge is 0.314 e. The van der Waals surface area contributed by atoms with E-state index in [1.807, 2.05) is 13.8 Å². The number of ketones is 1. The van der Waals surface area contributed by atoms with E-state index in [-0.39, 0.29) is 5.78 Å². The maximum absolute atomic E-state index is 12.6. The molecule has 3 nitrogen and oxygen atoms in total. The molecule has 1 heterocycles. The zero-order valence-corrected chi connectivity index (χ0v) is 11.6. The molecule has 1 aliphatic heterocycles. The second kappa shape index (κ2) is 5.39. The highest BCUT2D eigenvalue weighted by Gasteiger charge is 2.35. The number of Topliss-reactive ketones (excluding diaryl/α,β-unsaturated/α-hetero) is 1. The van der Waals surface area contributed by atoms with Crippen LogP contribution in [0.3, 0.4) is 0 Å². The molecule has 1 aliphatic rings. The van der Waals surface area contributed by atoms with E-state index in [4.69, 9.17) is 11.6 Å². The van der Waals surface area contributed by atoms with Crippen molar-refractivity contribution in [2.45, 2.75) is 19.4 Å². The van der Waals surface area contributed by atoms with Crippen molar-refractivity contribution in [3.05, 3.63) is 34.9 Å². The number of hydrogen-bond acceptors (Lipinski definition) is 3. The first-order chi connectivity index (χ1) is 8.51. The minimum absolute atomic E-state index is 0.154. The van der Waals surface area contributed by atoms with Crippen molar-refractivity contribution in [2.75, 3.05) is 26.2 Å². The average molecular weight is 267 g/mol. The summed E-state index contributed by atoms with van der Waals surface area (Å²) in [6.07, 6.45) is 0. The van der Waals surface area contributed by atoms with Gasteiger partial charge < -0.3 is 5.32 Å². The highest BCUT2D eigenvalue weighted by Crippen LogP contribution is 2.22. The van der Waals surface area contributed by atoms with Crippen molar-refractivity contribution in [3.63, 3.8) is 0 Å². The minimum Gasteiger partial charge on any atom is -0.314 e. The van der Waals surface area contributed by atoms with Crippen molar-refractivity contribution in [1.82, 2.24) is 10.2 Å². The van der Waals surface area contributed by atoms with Crippen molar-refractivity contribution in [2.24, 2.45) is 0 Å². The molecule has 0 unspecified atom stereocenters. The summed E-state index contributed by atoms with van der Waals surface area (Å²) in [6, 6.07) is 7.13. The molecule has 1 aromatic rings. The number of halogens is 1. The summed E-state index contributed by atoms with van der Waals surface area (Å²) in [4.78, 5) is 14.8. The van der Waals surface area contributed by atoms with E-state index >= 15 is 0 Å². The standard InChI is InChI=1S/C14H19ClN2O/c1-14(2,17-9-7-16-8-10-17)13(18)11-3-5-12(15)6-4-11/h3-6,16H,7-10H2,1-2H3. The molecule has 0 aliphatic carbocycles. The van der Waals surface area contributed by atoms with Crippen molar-refractivity contribution < 1.29 is 4.79 Å². The van der Waals surface area contributed by atoms with E-state index in [1.54, 1.807) is 24.3 Å². The molecule has 0 radical (unpaired) electrons. The van der Waals surface area contributed by atoms with Gasteiger partial charge >= 0.3 is 0 Å². The molecule has 0 spiro atoms. The molecule has 1 aromatic carbocycles. The number of benzene rings is 1. The summed E-state index contributed by atoms with van der Waals surface area (Å²) < 4.78 is 0. The molecule has 0 bridgehead atoms. The van der Waals surface area contributed by atoms with Gasteiger partial charge in [-0.2, -0.15) is 0 Å². The smallest absolute Gasteiger partial charge is 0.182 e. The Morgan fingerprint density at radius 2 is 1.78 bits per heavy atom. The summed E-state index contributed by atoms with van der Waals surface area (Å²) in [6.45, 7) is 7.69. The first-order valence-corrected chi connectivity index (χ1v) is 6.66. The van der Waals surface area contributed by atoms with Crippen LogP contribution >= 0.6 is 11.6 Å². The van der Waals surface area contributed by atoms with Crippen LogP contribution in [0.5, 0.6) is 0 Å². The first-order valence-electron chi connectivity index (χ1n) is 6.28. The van der Waals surface area contributed by atoms with E-state index < -0.39 is 5.54 Å². The van der Waals surface area contributed by atoms with Gasteiger partial charge in [0, 0.05) is 36.8 Å². The third-order valence-electron chi connectivity index (χ3n) is 3.57. The van der Waals surface area contributed by atoms with Crippen molar-refractivity contribution in [3.8, 4) is 0 Å². The van der Waals surface area contributed by atoms with Gasteiger partial charge in [0.2, 0.25) is 0 Å². The first kappa shape index (κ1) is 13.5. The summed E-state index contributed by atoms with van der Waals surface area (Å²) in [7, 11) is 0. The van der Waals surface area contributed by atoms with Crippen LogP contribution in [0.1, 0.15) is 24.2 Å². The molecule has 98 valence electrons. The highest BCUT2D eigenvalue weighted by atomic mass is 35.5. The summed E-state index contributed by atoms with van der Waals surface area (Å²) in [5.41, 5.74) is 0.263. The van der Waals surface area contributed by atoms with E-state index in [2.05, 4.69) is 10.2 Å². The predicted octanol–water partition coefficient (Wildman–Crippen LogP) is 2.21. The Labute approximate surface area is 113 Å². The van der Waals surface area contributed by atoms with Gasteiger partial charge in [-0.25, -0.2) is 0 Å². The second-order valence-electron chi connectivity index (χ2n) is 5.13. The fourth-order valence-electron chi connectivity index (χ4n) is 2.32. The molecule has 1 fully saturated rings. The Hall–Kier alpha value is -0.900. The van der Waals surface area contributed by atoms with Crippen LogP contribution in [0.2, 0.25) is 5.02 Å². The quantitative estimate of drug-likeness (QED) is 0.852. The number of nitrogens with zero attached hydrogens (tertiary/aromatic N) is 1. The van der Waals surface area contributed by atoms with Gasteiger partial charge in [0.15, 0.2) is 5.78 Å². The molecule has 0 atom stereocenters. The zero-order chi connectivity index (χ0) is 13.2. The lowest BCUT2D eigenvalue weighted by molar-refractivity contribution is 0.0602. The van der Waals surface area contributed by atoms with Crippen molar-refractivity contribution in [1.29, 1.82) is 0 Å². The number of carbonyl (C=O) groups excluding carboxylic acids is 1. The van der Waals surface area contributed by atoms with Crippen LogP contribution < -0.4 is 5.32 Å². The van der Waals surface area contributed by atoms with Gasteiger partial charge in [0.05, 0.1) is 5.54 Å². The Bertz CT molecular complexity index is 422. The maximum atomic E-state index is 12.6. The minimum atomic E-state index is -0.462. The number of rotatable bonds is 3. The molecular formula is C14H19ClN2O. The van der Waals surface area contributed by atoms with E-state index in [1.165, 1.54) is 0 Å². The van der Waals surface area contributed by atoms with Gasteiger partial charge in [0.1, 0.15) is 0 Å². The van der Waals surface area contributed by atoms with Crippen LogP contribution in [0.25, 0.3) is 0 Å². The predicted molar refractivity (Wildman–Crippen MR) is 74.3 cm³/mol. The molecule has 4 heteroatoms. The highest BCUT2D eigenvalue weighted by molar-refractivity contribution is 6.30. The topological polar surface area (TPSA) is 32.3 Å². The van der Waals surface area contributed by atoms with Crippen LogP contribution in [-0.4, -0.2) is 42.4 Å². The molecule has 2 rings (SSSR count). The normalized spacial score (nSPS) is 17.7. The fraction of sp³-hybridized carbons (Fsp3) is 0.500.